The normalized spacial score (nSPS) is 12.3. The standard InChI is InChI=1S/C58H93N3.2C7H7.Ni/c1-6-10-13-15-17-18-19-20-21-22-23-24-25-26-27-28-29-30-31-32-33-34-35-37-39-44-55-56(45-38-36-16-14-11-7-2)58(53-43-40-42-51(50-53)41-12-8-3)61(59)57(55)52-46-48-54(49-47-52)60(5)9-4;2*1-7-5-3-2-4-6-7;/h40,42-43,46-50H,6-38,41,45H2,1-5H3;2*3-6H,1H3;. The van der Waals surface area contributed by atoms with Gasteiger partial charge < -0.3 is 10.4 Å². The number of hydrogen-bond donors (Lipinski definition) is 0. The Morgan fingerprint density at radius 1 is 0.447 bits per heavy atom. The van der Waals surface area contributed by atoms with E-state index in [0.29, 0.717) is 0 Å². The Hall–Kier alpha value is -4.19. The summed E-state index contributed by atoms with van der Waals surface area (Å²) >= 11 is 1.61. The van der Waals surface area contributed by atoms with E-state index >= 15 is 0 Å². The molecule has 0 atom stereocenters. The molecule has 0 radical (unpaired) electrons. The van der Waals surface area contributed by atoms with Gasteiger partial charge in [0.25, 0.3) is 0 Å². The van der Waals surface area contributed by atoms with Crippen molar-refractivity contribution in [1.82, 2.24) is 0 Å². The van der Waals surface area contributed by atoms with Gasteiger partial charge in [0.15, 0.2) is 0 Å². The molecule has 0 fully saturated rings. The topological polar surface area (TPSA) is 28.6 Å². The van der Waals surface area contributed by atoms with Gasteiger partial charge in [0, 0.05) is 42.4 Å². The third kappa shape index (κ3) is 26.0. The van der Waals surface area contributed by atoms with Gasteiger partial charge in [-0.25, -0.2) is 4.70 Å². The maximum atomic E-state index is 12.2. The zero-order chi connectivity index (χ0) is 54.3. The Kier molecular flexibility index (Phi) is 34.7. The fraction of sp³-hybridized carbons (Fsp3) is 0.583. The van der Waals surface area contributed by atoms with Crippen LogP contribution in [0.25, 0.3) is 16.9 Å². The summed E-state index contributed by atoms with van der Waals surface area (Å²) in [7, 11) is 2.13. The SMILES string of the molecule is CCCCCCCCCCCCCCCCCCCCCCCCCC#CC1=C(c2ccc(N(C)CC)cc2)[N+](=[N-])C(c2cccc(CCCC)c2)=C1CCCCCCCC.Cc1cc[c]([Ni][c]2ccc(C)cc2)cc1. The van der Waals surface area contributed by atoms with Crippen LogP contribution in [0.2, 0.25) is 0 Å². The van der Waals surface area contributed by atoms with Gasteiger partial charge in [0.2, 0.25) is 11.4 Å². The van der Waals surface area contributed by atoms with Crippen molar-refractivity contribution in [3.8, 4) is 11.8 Å². The van der Waals surface area contributed by atoms with Crippen LogP contribution in [0.1, 0.15) is 267 Å². The summed E-state index contributed by atoms with van der Waals surface area (Å²) in [5, 5.41) is 0. The first kappa shape index (κ1) is 64.3. The average Bonchev–Trinajstić information content (AvgIpc) is 3.72. The molecule has 1 aliphatic rings. The third-order valence-corrected chi connectivity index (χ3v) is 16.6. The van der Waals surface area contributed by atoms with E-state index in [1.165, 1.54) is 228 Å². The van der Waals surface area contributed by atoms with Gasteiger partial charge in [0.1, 0.15) is 5.57 Å². The van der Waals surface area contributed by atoms with Crippen molar-refractivity contribution in [2.75, 3.05) is 18.5 Å². The van der Waals surface area contributed by atoms with E-state index in [2.05, 4.69) is 162 Å². The monoisotopic (exact) mass is 1070 g/mol. The van der Waals surface area contributed by atoms with Gasteiger partial charge >= 0.3 is 97.0 Å². The van der Waals surface area contributed by atoms with Crippen LogP contribution < -0.4 is 14.0 Å². The fourth-order valence-corrected chi connectivity index (χ4v) is 11.3. The molecule has 0 aromatic heterocycles. The summed E-state index contributed by atoms with van der Waals surface area (Å²) in [6.45, 7) is 14.2. The molecule has 5 rings (SSSR count). The quantitative estimate of drug-likeness (QED) is 0.0189. The molecular formula is C72H107N3Ni. The molecule has 1 heterocycles. The van der Waals surface area contributed by atoms with E-state index in [0.717, 1.165) is 66.7 Å². The van der Waals surface area contributed by atoms with Crippen LogP contribution in [0.5, 0.6) is 0 Å². The minimum absolute atomic E-state index is 0.845. The molecule has 0 saturated carbocycles. The van der Waals surface area contributed by atoms with E-state index in [4.69, 9.17) is 0 Å². The van der Waals surface area contributed by atoms with Crippen LogP contribution in [0.4, 0.5) is 5.69 Å². The Balaban J connectivity index is 0.000000705. The van der Waals surface area contributed by atoms with Crippen LogP contribution in [0, 0.1) is 25.7 Å². The average molecular weight is 1070 g/mol. The molecule has 0 spiro atoms. The van der Waals surface area contributed by atoms with Gasteiger partial charge in [0.05, 0.1) is 0 Å². The summed E-state index contributed by atoms with van der Waals surface area (Å²) < 4.78 is 4.13. The third-order valence-electron chi connectivity index (χ3n) is 15.4. The van der Waals surface area contributed by atoms with Crippen molar-refractivity contribution < 1.29 is 19.1 Å². The summed E-state index contributed by atoms with van der Waals surface area (Å²) in [6, 6.07) is 34.9. The molecular weight excluding hydrogens is 966 g/mol. The minimum atomic E-state index is 0.845. The van der Waals surface area contributed by atoms with Crippen LogP contribution in [-0.2, 0) is 20.9 Å². The predicted molar refractivity (Wildman–Crippen MR) is 332 cm³/mol. The Morgan fingerprint density at radius 2 is 0.882 bits per heavy atom. The molecule has 1 aliphatic heterocycles. The Bertz CT molecular complexity index is 2230. The Labute approximate surface area is 474 Å². The fourth-order valence-electron chi connectivity index (χ4n) is 10.3. The van der Waals surface area contributed by atoms with Gasteiger partial charge in [-0.1, -0.05) is 225 Å². The first-order chi connectivity index (χ1) is 37.3. The Morgan fingerprint density at radius 3 is 1.33 bits per heavy atom. The second-order valence-electron chi connectivity index (χ2n) is 22.2. The predicted octanol–water partition coefficient (Wildman–Crippen LogP) is 21.1. The van der Waals surface area contributed by atoms with E-state index in [-0.39, 0.29) is 0 Å². The molecule has 4 aromatic rings. The van der Waals surface area contributed by atoms with E-state index < -0.39 is 0 Å². The molecule has 0 aliphatic carbocycles. The zero-order valence-electron chi connectivity index (χ0n) is 49.6. The van der Waals surface area contributed by atoms with Crippen molar-refractivity contribution in [2.45, 2.75) is 260 Å². The van der Waals surface area contributed by atoms with Gasteiger partial charge in [-0.15, -0.1) is 0 Å². The summed E-state index contributed by atoms with van der Waals surface area (Å²) in [5.74, 6) is 7.32. The second kappa shape index (κ2) is 40.9. The number of benzene rings is 4. The van der Waals surface area contributed by atoms with Crippen LogP contribution in [-0.4, -0.2) is 18.3 Å². The molecule has 0 unspecified atom stereocenters. The number of nitrogens with zero attached hydrogens (tertiary/aromatic N) is 3. The van der Waals surface area contributed by atoms with Gasteiger partial charge in [-0.05, 0) is 81.0 Å². The molecule has 76 heavy (non-hydrogen) atoms. The molecule has 0 bridgehead atoms. The van der Waals surface area contributed by atoms with Crippen LogP contribution in [0.3, 0.4) is 0 Å². The van der Waals surface area contributed by atoms with E-state index in [1.807, 2.05) is 0 Å². The first-order valence-corrected chi connectivity index (χ1v) is 32.4. The number of rotatable bonds is 39. The van der Waals surface area contributed by atoms with Crippen molar-refractivity contribution in [1.29, 1.82) is 0 Å². The number of hydrogen-bond acceptors (Lipinski definition) is 1. The molecule has 4 aromatic carbocycles. The van der Waals surface area contributed by atoms with Crippen LogP contribution >= 0.6 is 0 Å². The molecule has 3 nitrogen and oxygen atoms in total. The van der Waals surface area contributed by atoms with Crippen molar-refractivity contribution >= 4 is 26.1 Å². The molecule has 420 valence electrons. The van der Waals surface area contributed by atoms with Gasteiger partial charge in [-0.3, -0.25) is 0 Å². The van der Waals surface area contributed by atoms with E-state index in [9.17, 15) is 5.53 Å². The van der Waals surface area contributed by atoms with Crippen molar-refractivity contribution in [2.24, 2.45) is 0 Å². The molecule has 4 heteroatoms. The zero-order valence-corrected chi connectivity index (χ0v) is 50.6. The van der Waals surface area contributed by atoms with Crippen molar-refractivity contribution in [3.05, 3.63) is 142 Å². The number of aryl methyl sites for hydroxylation is 3. The van der Waals surface area contributed by atoms with Crippen LogP contribution in [0.15, 0.2) is 108 Å². The second-order valence-corrected chi connectivity index (χ2v) is 23.6. The maximum absolute atomic E-state index is 12.2. The summed E-state index contributed by atoms with van der Waals surface area (Å²) in [5.41, 5.74) is 23.5. The molecule has 0 N–H and O–H groups in total. The van der Waals surface area contributed by atoms with Crippen molar-refractivity contribution in [3.63, 3.8) is 0 Å². The number of unbranched alkanes of at least 4 members (excludes halogenated alkanes) is 29. The first-order valence-electron chi connectivity index (χ1n) is 31.4. The number of anilines is 1. The van der Waals surface area contributed by atoms with E-state index in [1.54, 1.807) is 14.4 Å². The summed E-state index contributed by atoms with van der Waals surface area (Å²) in [6.07, 6.45) is 45.2. The molecule has 0 amide bonds. The summed E-state index contributed by atoms with van der Waals surface area (Å²) in [4.78, 5) is 2.25. The number of allylic oxidation sites excluding steroid dienone is 2. The molecule has 0 saturated heterocycles. The van der Waals surface area contributed by atoms with Gasteiger partial charge in [-0.2, -0.15) is 0 Å².